The van der Waals surface area contributed by atoms with Crippen LogP contribution in [0.15, 0.2) is 27.1 Å². The van der Waals surface area contributed by atoms with Crippen molar-refractivity contribution in [3.05, 3.63) is 32.7 Å². The molecule has 2 nitrogen and oxygen atoms in total. The Hall–Kier alpha value is -0.350. The van der Waals surface area contributed by atoms with Gasteiger partial charge in [0.1, 0.15) is 0 Å². The first-order valence-corrected chi connectivity index (χ1v) is 7.28. The Morgan fingerprint density at radius 1 is 1.29 bits per heavy atom. The monoisotopic (exact) mass is 361 g/mol. The van der Waals surface area contributed by atoms with Crippen molar-refractivity contribution in [2.45, 2.75) is 39.2 Å². The van der Waals surface area contributed by atoms with E-state index in [2.05, 4.69) is 57.9 Å². The Bertz CT molecular complexity index is 414. The number of amides is 1. The van der Waals surface area contributed by atoms with E-state index in [0.717, 1.165) is 21.8 Å². The average molecular weight is 363 g/mol. The van der Waals surface area contributed by atoms with E-state index in [1.165, 1.54) is 0 Å². The SMILES string of the molecule is CCC(C)(CC)NC(=O)c1cc(Br)ccc1Br. The Labute approximate surface area is 119 Å². The van der Waals surface area contributed by atoms with E-state index in [-0.39, 0.29) is 11.4 Å². The third-order valence-corrected chi connectivity index (χ3v) is 4.33. The summed E-state index contributed by atoms with van der Waals surface area (Å²) in [5.74, 6) is -0.0376. The number of rotatable bonds is 4. The molecule has 0 unspecified atom stereocenters. The lowest BCUT2D eigenvalue weighted by atomic mass is 9.95. The van der Waals surface area contributed by atoms with E-state index >= 15 is 0 Å². The van der Waals surface area contributed by atoms with Crippen molar-refractivity contribution >= 4 is 37.8 Å². The van der Waals surface area contributed by atoms with Crippen LogP contribution in [0.4, 0.5) is 0 Å². The second kappa shape index (κ2) is 6.01. The summed E-state index contributed by atoms with van der Waals surface area (Å²) < 4.78 is 1.72. The molecule has 0 fully saturated rings. The van der Waals surface area contributed by atoms with E-state index in [1.807, 2.05) is 18.2 Å². The van der Waals surface area contributed by atoms with E-state index in [1.54, 1.807) is 0 Å². The molecule has 4 heteroatoms. The normalized spacial score (nSPS) is 11.4. The Kier molecular flexibility index (Phi) is 5.20. The zero-order valence-electron chi connectivity index (χ0n) is 10.3. The third kappa shape index (κ3) is 3.81. The summed E-state index contributed by atoms with van der Waals surface area (Å²) in [5, 5.41) is 3.09. The second-order valence-corrected chi connectivity index (χ2v) is 6.12. The van der Waals surface area contributed by atoms with Gasteiger partial charge in [0.25, 0.3) is 5.91 Å². The van der Waals surface area contributed by atoms with Gasteiger partial charge in [0.05, 0.1) is 5.56 Å². The summed E-state index contributed by atoms with van der Waals surface area (Å²) >= 11 is 6.78. The summed E-state index contributed by atoms with van der Waals surface area (Å²) in [5.41, 5.74) is 0.520. The van der Waals surface area contributed by atoms with Crippen molar-refractivity contribution in [1.29, 1.82) is 0 Å². The number of benzene rings is 1. The van der Waals surface area contributed by atoms with Crippen molar-refractivity contribution in [3.63, 3.8) is 0 Å². The maximum absolute atomic E-state index is 12.2. The predicted molar refractivity (Wildman–Crippen MR) is 78.3 cm³/mol. The molecule has 17 heavy (non-hydrogen) atoms. The molecule has 1 rings (SSSR count). The van der Waals surface area contributed by atoms with Gasteiger partial charge >= 0.3 is 0 Å². The van der Waals surface area contributed by atoms with Gasteiger partial charge in [0.15, 0.2) is 0 Å². The molecule has 0 aromatic heterocycles. The maximum Gasteiger partial charge on any atom is 0.252 e. The van der Waals surface area contributed by atoms with E-state index in [4.69, 9.17) is 0 Å². The van der Waals surface area contributed by atoms with Crippen LogP contribution < -0.4 is 5.32 Å². The quantitative estimate of drug-likeness (QED) is 0.838. The van der Waals surface area contributed by atoms with Crippen LogP contribution >= 0.6 is 31.9 Å². The number of nitrogens with one attached hydrogen (secondary N) is 1. The molecular weight excluding hydrogens is 346 g/mol. The van der Waals surface area contributed by atoms with Crippen LogP contribution in [0, 0.1) is 0 Å². The molecule has 1 amide bonds. The largest absolute Gasteiger partial charge is 0.347 e. The molecule has 1 aromatic rings. The summed E-state index contributed by atoms with van der Waals surface area (Å²) in [6.07, 6.45) is 1.84. The van der Waals surface area contributed by atoms with Gasteiger partial charge < -0.3 is 5.32 Å². The molecule has 0 aliphatic heterocycles. The Morgan fingerprint density at radius 3 is 2.41 bits per heavy atom. The minimum atomic E-state index is -0.140. The molecule has 0 saturated heterocycles. The van der Waals surface area contributed by atoms with Gasteiger partial charge in [0, 0.05) is 14.5 Å². The smallest absolute Gasteiger partial charge is 0.252 e. The molecular formula is C13H17Br2NO. The van der Waals surface area contributed by atoms with Gasteiger partial charge in [-0.1, -0.05) is 29.8 Å². The van der Waals surface area contributed by atoms with Crippen molar-refractivity contribution in [1.82, 2.24) is 5.32 Å². The van der Waals surface area contributed by atoms with Crippen LogP contribution in [0.1, 0.15) is 44.0 Å². The van der Waals surface area contributed by atoms with Crippen LogP contribution in [0.25, 0.3) is 0 Å². The zero-order valence-corrected chi connectivity index (χ0v) is 13.5. The van der Waals surface area contributed by atoms with Crippen molar-refractivity contribution < 1.29 is 4.79 Å². The fraction of sp³-hybridized carbons (Fsp3) is 0.462. The average Bonchev–Trinajstić information content (AvgIpc) is 2.32. The van der Waals surface area contributed by atoms with Crippen LogP contribution in [0.3, 0.4) is 0 Å². The standard InChI is InChI=1S/C13H17Br2NO/c1-4-13(3,5-2)16-12(17)10-8-9(14)6-7-11(10)15/h6-8H,4-5H2,1-3H3,(H,16,17). The third-order valence-electron chi connectivity index (χ3n) is 3.15. The molecule has 0 heterocycles. The molecule has 0 saturated carbocycles. The molecule has 0 aliphatic rings. The van der Waals surface area contributed by atoms with Gasteiger partial charge in [-0.25, -0.2) is 0 Å². The van der Waals surface area contributed by atoms with E-state index < -0.39 is 0 Å². The van der Waals surface area contributed by atoms with Crippen LogP contribution in [0.5, 0.6) is 0 Å². The number of carbonyl (C=O) groups is 1. The lowest BCUT2D eigenvalue weighted by Crippen LogP contribution is -2.45. The minimum absolute atomic E-state index is 0.0376. The lowest BCUT2D eigenvalue weighted by molar-refractivity contribution is 0.0900. The van der Waals surface area contributed by atoms with Gasteiger partial charge in [-0.2, -0.15) is 0 Å². The first kappa shape index (κ1) is 14.7. The molecule has 1 N–H and O–H groups in total. The zero-order chi connectivity index (χ0) is 13.1. The summed E-state index contributed by atoms with van der Waals surface area (Å²) in [4.78, 5) is 12.2. The van der Waals surface area contributed by atoms with Crippen molar-refractivity contribution in [3.8, 4) is 0 Å². The van der Waals surface area contributed by atoms with Crippen molar-refractivity contribution in [2.24, 2.45) is 0 Å². The lowest BCUT2D eigenvalue weighted by Gasteiger charge is -2.28. The number of hydrogen-bond donors (Lipinski definition) is 1. The topological polar surface area (TPSA) is 29.1 Å². The van der Waals surface area contributed by atoms with Gasteiger partial charge in [-0.3, -0.25) is 4.79 Å². The van der Waals surface area contributed by atoms with Gasteiger partial charge in [-0.15, -0.1) is 0 Å². The molecule has 1 aromatic carbocycles. The van der Waals surface area contributed by atoms with Gasteiger partial charge in [0.2, 0.25) is 0 Å². The summed E-state index contributed by atoms with van der Waals surface area (Å²) in [7, 11) is 0. The first-order chi connectivity index (χ1) is 7.91. The van der Waals surface area contributed by atoms with E-state index in [9.17, 15) is 4.79 Å². The summed E-state index contributed by atoms with van der Waals surface area (Å²) in [6, 6.07) is 5.60. The highest BCUT2D eigenvalue weighted by molar-refractivity contribution is 9.11. The minimum Gasteiger partial charge on any atom is -0.347 e. The predicted octanol–water partition coefficient (Wildman–Crippen LogP) is 4.52. The first-order valence-electron chi connectivity index (χ1n) is 5.69. The number of carbonyl (C=O) groups excluding carboxylic acids is 1. The van der Waals surface area contributed by atoms with E-state index in [0.29, 0.717) is 5.56 Å². The van der Waals surface area contributed by atoms with Crippen LogP contribution in [0.2, 0.25) is 0 Å². The Morgan fingerprint density at radius 2 is 1.88 bits per heavy atom. The molecule has 0 atom stereocenters. The van der Waals surface area contributed by atoms with Crippen LogP contribution in [-0.4, -0.2) is 11.4 Å². The van der Waals surface area contributed by atoms with Crippen LogP contribution in [-0.2, 0) is 0 Å². The highest BCUT2D eigenvalue weighted by atomic mass is 79.9. The fourth-order valence-corrected chi connectivity index (χ4v) is 2.23. The van der Waals surface area contributed by atoms with Crippen molar-refractivity contribution in [2.75, 3.05) is 0 Å². The molecule has 0 bridgehead atoms. The molecule has 94 valence electrons. The molecule has 0 aliphatic carbocycles. The molecule has 0 radical (unpaired) electrons. The summed E-state index contributed by atoms with van der Waals surface area (Å²) in [6.45, 7) is 6.23. The highest BCUT2D eigenvalue weighted by Crippen LogP contribution is 2.23. The number of halogens is 2. The number of hydrogen-bond acceptors (Lipinski definition) is 1. The highest BCUT2D eigenvalue weighted by Gasteiger charge is 2.23. The van der Waals surface area contributed by atoms with Gasteiger partial charge in [-0.05, 0) is 53.9 Å². The Balaban J connectivity index is 2.94. The second-order valence-electron chi connectivity index (χ2n) is 4.35. The molecule has 0 spiro atoms. The fourth-order valence-electron chi connectivity index (χ4n) is 1.44. The maximum atomic E-state index is 12.2.